The average Bonchev–Trinajstić information content (AvgIpc) is 2.56. The molecule has 0 aliphatic rings. The van der Waals surface area contributed by atoms with Crippen molar-refractivity contribution in [2.45, 2.75) is 32.8 Å². The van der Waals surface area contributed by atoms with Gasteiger partial charge < -0.3 is 10.1 Å². The molecule has 1 amide bonds. The first-order chi connectivity index (χ1) is 11.1. The Kier molecular flexibility index (Phi) is 6.15. The molecule has 1 N–H and O–H groups in total. The number of nitrogens with one attached hydrogen (secondary N) is 1. The molecular formula is C19H22FNO2. The largest absolute Gasteiger partial charge is 0.481 e. The van der Waals surface area contributed by atoms with Crippen molar-refractivity contribution in [2.75, 3.05) is 6.54 Å². The minimum Gasteiger partial charge on any atom is -0.481 e. The number of carbonyl (C=O) groups excluding carboxylic acids is 1. The molecule has 2 aromatic rings. The molecule has 0 radical (unpaired) electrons. The highest BCUT2D eigenvalue weighted by Crippen LogP contribution is 2.14. The highest BCUT2D eigenvalue weighted by molar-refractivity contribution is 5.81. The van der Waals surface area contributed by atoms with Crippen molar-refractivity contribution in [3.05, 3.63) is 65.5 Å². The molecule has 0 heterocycles. The van der Waals surface area contributed by atoms with Crippen molar-refractivity contribution in [3.63, 3.8) is 0 Å². The Hall–Kier alpha value is -2.36. The molecule has 23 heavy (non-hydrogen) atoms. The predicted molar refractivity (Wildman–Crippen MR) is 89.0 cm³/mol. The third-order valence-electron chi connectivity index (χ3n) is 3.59. The lowest BCUT2D eigenvalue weighted by molar-refractivity contribution is -0.128. The van der Waals surface area contributed by atoms with Crippen molar-refractivity contribution >= 4 is 5.91 Å². The topological polar surface area (TPSA) is 38.3 Å². The molecular weight excluding hydrogens is 293 g/mol. The van der Waals surface area contributed by atoms with Gasteiger partial charge in [-0.05, 0) is 49.6 Å². The van der Waals surface area contributed by atoms with E-state index < -0.39 is 6.10 Å². The maximum atomic E-state index is 12.8. The smallest absolute Gasteiger partial charge is 0.261 e. The molecule has 122 valence electrons. The molecule has 1 atom stereocenters. The van der Waals surface area contributed by atoms with Crippen LogP contribution in [-0.4, -0.2) is 18.6 Å². The van der Waals surface area contributed by atoms with Crippen LogP contribution in [0.25, 0.3) is 0 Å². The first kappa shape index (κ1) is 17.0. The Bertz CT molecular complexity index is 623. The van der Waals surface area contributed by atoms with E-state index in [0.717, 1.165) is 11.1 Å². The number of rotatable bonds is 7. The quantitative estimate of drug-likeness (QED) is 0.847. The highest BCUT2D eigenvalue weighted by atomic mass is 19.1. The summed E-state index contributed by atoms with van der Waals surface area (Å²) >= 11 is 0. The lowest BCUT2D eigenvalue weighted by Gasteiger charge is -2.17. The van der Waals surface area contributed by atoms with Crippen LogP contribution in [0.15, 0.2) is 48.5 Å². The fraction of sp³-hybridized carbons (Fsp3) is 0.316. The average molecular weight is 315 g/mol. The Labute approximate surface area is 136 Å². The summed E-state index contributed by atoms with van der Waals surface area (Å²) in [6.07, 6.45) is 0.745. The van der Waals surface area contributed by atoms with Crippen LogP contribution < -0.4 is 10.1 Å². The Morgan fingerprint density at radius 2 is 1.78 bits per heavy atom. The fourth-order valence-electron chi connectivity index (χ4n) is 2.20. The van der Waals surface area contributed by atoms with Crippen LogP contribution in [0.4, 0.5) is 4.39 Å². The van der Waals surface area contributed by atoms with Gasteiger partial charge in [-0.2, -0.15) is 0 Å². The van der Waals surface area contributed by atoms with Crippen LogP contribution in [0, 0.1) is 12.7 Å². The first-order valence-electron chi connectivity index (χ1n) is 7.84. The van der Waals surface area contributed by atoms with Gasteiger partial charge in [0.2, 0.25) is 0 Å². The normalized spacial score (nSPS) is 11.8. The second-order valence-corrected chi connectivity index (χ2v) is 5.50. The summed E-state index contributed by atoms with van der Waals surface area (Å²) in [6.45, 7) is 4.42. The van der Waals surface area contributed by atoms with E-state index in [1.807, 2.05) is 38.1 Å². The number of halogens is 1. The van der Waals surface area contributed by atoms with Crippen LogP contribution >= 0.6 is 0 Å². The molecule has 2 rings (SSSR count). The third kappa shape index (κ3) is 5.40. The monoisotopic (exact) mass is 315 g/mol. The third-order valence-corrected chi connectivity index (χ3v) is 3.59. The van der Waals surface area contributed by atoms with Crippen LogP contribution in [0.1, 0.15) is 24.5 Å². The van der Waals surface area contributed by atoms with Crippen molar-refractivity contribution in [2.24, 2.45) is 0 Å². The Morgan fingerprint density at radius 1 is 1.13 bits per heavy atom. The summed E-state index contributed by atoms with van der Waals surface area (Å²) in [7, 11) is 0. The molecule has 0 saturated heterocycles. The second kappa shape index (κ2) is 8.32. The lowest BCUT2D eigenvalue weighted by Crippen LogP contribution is -2.38. The van der Waals surface area contributed by atoms with E-state index in [2.05, 4.69) is 5.32 Å². The van der Waals surface area contributed by atoms with Gasteiger partial charge >= 0.3 is 0 Å². The van der Waals surface area contributed by atoms with Gasteiger partial charge in [-0.3, -0.25) is 4.79 Å². The maximum Gasteiger partial charge on any atom is 0.261 e. The molecule has 0 fully saturated rings. The van der Waals surface area contributed by atoms with Gasteiger partial charge in [0.15, 0.2) is 6.10 Å². The summed E-state index contributed by atoms with van der Waals surface area (Å²) < 4.78 is 18.6. The number of aryl methyl sites for hydroxylation is 1. The summed E-state index contributed by atoms with van der Waals surface area (Å²) in [5.74, 6) is 0.307. The van der Waals surface area contributed by atoms with E-state index in [0.29, 0.717) is 25.1 Å². The second-order valence-electron chi connectivity index (χ2n) is 5.50. The summed E-state index contributed by atoms with van der Waals surface area (Å²) in [5.41, 5.74) is 2.13. The van der Waals surface area contributed by atoms with Gasteiger partial charge in [-0.25, -0.2) is 4.39 Å². The van der Waals surface area contributed by atoms with Gasteiger partial charge in [0.05, 0.1) is 0 Å². The van der Waals surface area contributed by atoms with Gasteiger partial charge in [-0.1, -0.05) is 36.8 Å². The predicted octanol–water partition coefficient (Wildman–Crippen LogP) is 3.65. The molecule has 0 aromatic heterocycles. The molecule has 0 aliphatic carbocycles. The van der Waals surface area contributed by atoms with E-state index >= 15 is 0 Å². The first-order valence-corrected chi connectivity index (χ1v) is 7.84. The van der Waals surface area contributed by atoms with E-state index in [1.165, 1.54) is 12.1 Å². The number of amides is 1. The van der Waals surface area contributed by atoms with E-state index in [-0.39, 0.29) is 11.7 Å². The summed E-state index contributed by atoms with van der Waals surface area (Å²) in [5, 5.41) is 2.87. The van der Waals surface area contributed by atoms with Gasteiger partial charge in [0.25, 0.3) is 5.91 Å². The minimum absolute atomic E-state index is 0.129. The molecule has 4 heteroatoms. The molecule has 0 bridgehead atoms. The Morgan fingerprint density at radius 3 is 2.39 bits per heavy atom. The van der Waals surface area contributed by atoms with Crippen LogP contribution in [-0.2, 0) is 11.2 Å². The SMILES string of the molecule is CCC(Oc1ccc(C)cc1)C(=O)NCCc1ccc(F)cc1. The van der Waals surface area contributed by atoms with E-state index in [4.69, 9.17) is 4.74 Å². The van der Waals surface area contributed by atoms with Crippen LogP contribution in [0.5, 0.6) is 5.75 Å². The summed E-state index contributed by atoms with van der Waals surface area (Å²) in [4.78, 5) is 12.2. The van der Waals surface area contributed by atoms with E-state index in [1.54, 1.807) is 12.1 Å². The molecule has 3 nitrogen and oxygen atoms in total. The number of hydrogen-bond acceptors (Lipinski definition) is 2. The number of carbonyl (C=O) groups is 1. The molecule has 1 unspecified atom stereocenters. The minimum atomic E-state index is -0.508. The zero-order valence-corrected chi connectivity index (χ0v) is 13.5. The number of benzene rings is 2. The van der Waals surface area contributed by atoms with Gasteiger partial charge in [0, 0.05) is 6.54 Å². The molecule has 0 saturated carbocycles. The van der Waals surface area contributed by atoms with E-state index in [9.17, 15) is 9.18 Å². The standard InChI is InChI=1S/C19H22FNO2/c1-3-18(23-17-10-4-14(2)5-11-17)19(22)21-13-12-15-6-8-16(20)9-7-15/h4-11,18H,3,12-13H2,1-2H3,(H,21,22). The Balaban J connectivity index is 1.82. The summed E-state index contributed by atoms with van der Waals surface area (Å²) in [6, 6.07) is 13.9. The lowest BCUT2D eigenvalue weighted by atomic mass is 10.1. The molecule has 0 spiro atoms. The van der Waals surface area contributed by atoms with Gasteiger partial charge in [-0.15, -0.1) is 0 Å². The van der Waals surface area contributed by atoms with Crippen LogP contribution in [0.3, 0.4) is 0 Å². The molecule has 0 aliphatic heterocycles. The van der Waals surface area contributed by atoms with Crippen molar-refractivity contribution in [1.82, 2.24) is 5.32 Å². The maximum absolute atomic E-state index is 12.8. The number of ether oxygens (including phenoxy) is 1. The van der Waals surface area contributed by atoms with Gasteiger partial charge in [0.1, 0.15) is 11.6 Å². The van der Waals surface area contributed by atoms with Crippen molar-refractivity contribution in [1.29, 1.82) is 0 Å². The fourth-order valence-corrected chi connectivity index (χ4v) is 2.20. The van der Waals surface area contributed by atoms with Crippen molar-refractivity contribution < 1.29 is 13.9 Å². The van der Waals surface area contributed by atoms with Crippen molar-refractivity contribution in [3.8, 4) is 5.75 Å². The number of hydrogen-bond donors (Lipinski definition) is 1. The zero-order valence-electron chi connectivity index (χ0n) is 13.5. The zero-order chi connectivity index (χ0) is 16.7. The highest BCUT2D eigenvalue weighted by Gasteiger charge is 2.17. The molecule has 2 aromatic carbocycles. The van der Waals surface area contributed by atoms with Crippen LogP contribution in [0.2, 0.25) is 0 Å².